The monoisotopic (exact) mass is 414 g/mol. The Labute approximate surface area is 179 Å². The van der Waals surface area contributed by atoms with Gasteiger partial charge in [-0.25, -0.2) is 0 Å². The van der Waals surface area contributed by atoms with Crippen LogP contribution in [0.2, 0.25) is 5.02 Å². The minimum atomic E-state index is -0.535. The van der Waals surface area contributed by atoms with Crippen LogP contribution < -0.4 is 5.32 Å². The molecule has 2 aromatic carbocycles. The molecule has 0 aliphatic rings. The molecule has 0 heterocycles. The number of nitrogens with one attached hydrogen (secondary N) is 1. The van der Waals surface area contributed by atoms with Crippen molar-refractivity contribution in [2.75, 3.05) is 6.54 Å². The van der Waals surface area contributed by atoms with Gasteiger partial charge in [0, 0.05) is 24.5 Å². The van der Waals surface area contributed by atoms with Crippen LogP contribution in [0.3, 0.4) is 0 Å². The van der Waals surface area contributed by atoms with Crippen LogP contribution in [-0.4, -0.2) is 29.3 Å². The van der Waals surface area contributed by atoms with Crippen molar-refractivity contribution < 1.29 is 9.59 Å². The summed E-state index contributed by atoms with van der Waals surface area (Å²) in [7, 11) is 0. The van der Waals surface area contributed by atoms with Crippen molar-refractivity contribution in [3.05, 3.63) is 70.2 Å². The molecule has 0 radical (unpaired) electrons. The molecule has 2 aromatic rings. The highest BCUT2D eigenvalue weighted by Crippen LogP contribution is 2.16. The highest BCUT2D eigenvalue weighted by molar-refractivity contribution is 6.30. The summed E-state index contributed by atoms with van der Waals surface area (Å²) >= 11 is 5.98. The molecule has 29 heavy (non-hydrogen) atoms. The van der Waals surface area contributed by atoms with E-state index in [1.165, 1.54) is 5.56 Å². The normalized spacial score (nSPS) is 11.7. The quantitative estimate of drug-likeness (QED) is 0.608. The lowest BCUT2D eigenvalue weighted by molar-refractivity contribution is -0.140. The van der Waals surface area contributed by atoms with Crippen LogP contribution in [0.4, 0.5) is 0 Å². The van der Waals surface area contributed by atoms with Crippen LogP contribution in [0, 0.1) is 0 Å². The average molecular weight is 415 g/mol. The van der Waals surface area contributed by atoms with Gasteiger partial charge in [0.15, 0.2) is 0 Å². The van der Waals surface area contributed by atoms with Crippen LogP contribution in [0.1, 0.15) is 50.3 Å². The number of halogens is 1. The van der Waals surface area contributed by atoms with E-state index in [4.69, 9.17) is 11.6 Å². The third-order valence-electron chi connectivity index (χ3n) is 5.04. The SMILES string of the molecule is CCCNC(=O)[C@@H](C)N(Cc1ccc(Cl)cc1)C(=O)CCc1ccc(CC)cc1. The first-order chi connectivity index (χ1) is 13.9. The number of nitrogens with zero attached hydrogens (tertiary/aromatic N) is 1. The van der Waals surface area contributed by atoms with E-state index < -0.39 is 6.04 Å². The first kappa shape index (κ1) is 23.0. The van der Waals surface area contributed by atoms with Gasteiger partial charge in [-0.15, -0.1) is 0 Å². The third-order valence-corrected chi connectivity index (χ3v) is 5.29. The highest BCUT2D eigenvalue weighted by Gasteiger charge is 2.25. The molecule has 0 saturated carbocycles. The van der Waals surface area contributed by atoms with E-state index in [2.05, 4.69) is 36.5 Å². The molecule has 2 amide bonds. The molecule has 1 atom stereocenters. The summed E-state index contributed by atoms with van der Waals surface area (Å²) in [6, 6.07) is 15.2. The zero-order chi connectivity index (χ0) is 21.2. The highest BCUT2D eigenvalue weighted by atomic mass is 35.5. The molecule has 0 bridgehead atoms. The molecule has 0 aliphatic carbocycles. The van der Waals surface area contributed by atoms with Gasteiger partial charge in [0.25, 0.3) is 0 Å². The summed E-state index contributed by atoms with van der Waals surface area (Å²) in [5.41, 5.74) is 3.36. The Morgan fingerprint density at radius 2 is 1.55 bits per heavy atom. The summed E-state index contributed by atoms with van der Waals surface area (Å²) in [6.45, 7) is 6.90. The van der Waals surface area contributed by atoms with Gasteiger partial charge >= 0.3 is 0 Å². The van der Waals surface area contributed by atoms with E-state index in [0.717, 1.165) is 24.0 Å². The molecule has 4 nitrogen and oxygen atoms in total. The lowest BCUT2D eigenvalue weighted by atomic mass is 10.0. The fourth-order valence-electron chi connectivity index (χ4n) is 3.10. The maximum Gasteiger partial charge on any atom is 0.242 e. The van der Waals surface area contributed by atoms with Crippen molar-refractivity contribution in [3.8, 4) is 0 Å². The summed E-state index contributed by atoms with van der Waals surface area (Å²) in [5, 5.41) is 3.54. The maximum absolute atomic E-state index is 13.1. The van der Waals surface area contributed by atoms with E-state index in [-0.39, 0.29) is 11.8 Å². The van der Waals surface area contributed by atoms with Crippen LogP contribution in [0.5, 0.6) is 0 Å². The molecule has 0 aromatic heterocycles. The number of hydrogen-bond donors (Lipinski definition) is 1. The van der Waals surface area contributed by atoms with E-state index in [0.29, 0.717) is 31.0 Å². The fourth-order valence-corrected chi connectivity index (χ4v) is 3.23. The standard InChI is InChI=1S/C24H31ClN2O2/c1-4-16-26-24(29)18(3)27(17-21-10-13-22(25)14-11-21)23(28)15-12-20-8-6-19(5-2)7-9-20/h6-11,13-14,18H,4-5,12,15-17H2,1-3H3,(H,26,29)/t18-/m1/s1. The van der Waals surface area contributed by atoms with E-state index in [1.54, 1.807) is 24.0 Å². The van der Waals surface area contributed by atoms with Gasteiger partial charge in [-0.2, -0.15) is 0 Å². The lowest BCUT2D eigenvalue weighted by Gasteiger charge is -2.29. The molecular formula is C24H31ClN2O2. The summed E-state index contributed by atoms with van der Waals surface area (Å²) in [5.74, 6) is -0.153. The van der Waals surface area contributed by atoms with Crippen molar-refractivity contribution in [3.63, 3.8) is 0 Å². The molecule has 0 saturated heterocycles. The third kappa shape index (κ3) is 7.21. The van der Waals surface area contributed by atoms with Gasteiger partial charge < -0.3 is 10.2 Å². The van der Waals surface area contributed by atoms with Gasteiger partial charge in [0.1, 0.15) is 6.04 Å². The maximum atomic E-state index is 13.1. The zero-order valence-corrected chi connectivity index (χ0v) is 18.3. The molecule has 0 fully saturated rings. The molecule has 156 valence electrons. The van der Waals surface area contributed by atoms with Gasteiger partial charge in [-0.05, 0) is 55.0 Å². The topological polar surface area (TPSA) is 49.4 Å². The molecular weight excluding hydrogens is 384 g/mol. The number of rotatable bonds is 10. The van der Waals surface area contributed by atoms with Gasteiger partial charge in [0.2, 0.25) is 11.8 Å². The fraction of sp³-hybridized carbons (Fsp3) is 0.417. The summed E-state index contributed by atoms with van der Waals surface area (Å²) in [4.78, 5) is 27.2. The van der Waals surface area contributed by atoms with Crippen molar-refractivity contribution in [2.24, 2.45) is 0 Å². The van der Waals surface area contributed by atoms with Crippen molar-refractivity contribution in [1.29, 1.82) is 0 Å². The smallest absolute Gasteiger partial charge is 0.242 e. The number of hydrogen-bond acceptors (Lipinski definition) is 2. The minimum Gasteiger partial charge on any atom is -0.354 e. The second-order valence-corrected chi connectivity index (χ2v) is 7.72. The predicted octanol–water partition coefficient (Wildman–Crippen LogP) is 4.78. The Balaban J connectivity index is 2.09. The van der Waals surface area contributed by atoms with E-state index in [1.807, 2.05) is 19.1 Å². The number of carbonyl (C=O) groups is 2. The van der Waals surface area contributed by atoms with Gasteiger partial charge in [-0.1, -0.05) is 61.8 Å². The molecule has 0 spiro atoms. The molecule has 1 N–H and O–H groups in total. The number of carbonyl (C=O) groups excluding carboxylic acids is 2. The Kier molecular flexibility index (Phi) is 9.20. The first-order valence-electron chi connectivity index (χ1n) is 10.3. The Hall–Kier alpha value is -2.33. The molecule has 5 heteroatoms. The largest absolute Gasteiger partial charge is 0.354 e. The van der Waals surface area contributed by atoms with Gasteiger partial charge in [-0.3, -0.25) is 9.59 Å². The van der Waals surface area contributed by atoms with Crippen LogP contribution in [0.15, 0.2) is 48.5 Å². The van der Waals surface area contributed by atoms with Gasteiger partial charge in [0.05, 0.1) is 0 Å². The average Bonchev–Trinajstić information content (AvgIpc) is 2.75. The lowest BCUT2D eigenvalue weighted by Crippen LogP contribution is -2.47. The number of benzene rings is 2. The van der Waals surface area contributed by atoms with E-state index in [9.17, 15) is 9.59 Å². The molecule has 0 aliphatic heterocycles. The second-order valence-electron chi connectivity index (χ2n) is 7.29. The van der Waals surface area contributed by atoms with Crippen LogP contribution >= 0.6 is 11.6 Å². The molecule has 0 unspecified atom stereocenters. The Morgan fingerprint density at radius 3 is 2.14 bits per heavy atom. The Morgan fingerprint density at radius 1 is 0.966 bits per heavy atom. The van der Waals surface area contributed by atoms with E-state index >= 15 is 0 Å². The summed E-state index contributed by atoms with van der Waals surface area (Å²) in [6.07, 6.45) is 2.88. The Bertz CT molecular complexity index is 788. The summed E-state index contributed by atoms with van der Waals surface area (Å²) < 4.78 is 0. The van der Waals surface area contributed by atoms with Crippen LogP contribution in [-0.2, 0) is 29.0 Å². The van der Waals surface area contributed by atoms with Crippen molar-refractivity contribution in [2.45, 2.75) is 59.0 Å². The molecule has 2 rings (SSSR count). The predicted molar refractivity (Wildman–Crippen MR) is 119 cm³/mol. The van der Waals surface area contributed by atoms with Crippen molar-refractivity contribution in [1.82, 2.24) is 10.2 Å². The second kappa shape index (κ2) is 11.6. The number of aryl methyl sites for hydroxylation is 2. The zero-order valence-electron chi connectivity index (χ0n) is 17.6. The first-order valence-corrected chi connectivity index (χ1v) is 10.7. The van der Waals surface area contributed by atoms with Crippen LogP contribution in [0.25, 0.3) is 0 Å². The minimum absolute atomic E-state index is 0.0290. The number of amides is 2. The van der Waals surface area contributed by atoms with Crippen molar-refractivity contribution >= 4 is 23.4 Å².